The van der Waals surface area contributed by atoms with E-state index in [-0.39, 0.29) is 11.5 Å². The Morgan fingerprint density at radius 3 is 2.50 bits per heavy atom. The Kier molecular flexibility index (Phi) is 7.46. The average molecular weight is 510 g/mol. The molecule has 0 bridgehead atoms. The highest BCUT2D eigenvalue weighted by atomic mass is 32.1. The van der Waals surface area contributed by atoms with Crippen molar-refractivity contribution in [3.05, 3.63) is 54.1 Å². The van der Waals surface area contributed by atoms with Crippen LogP contribution in [0.25, 0.3) is 0 Å². The Morgan fingerprint density at radius 2 is 1.83 bits per heavy atom. The lowest BCUT2D eigenvalue weighted by Crippen LogP contribution is -2.43. The van der Waals surface area contributed by atoms with Gasteiger partial charge in [-0.2, -0.15) is 0 Å². The first kappa shape index (κ1) is 25.7. The summed E-state index contributed by atoms with van der Waals surface area (Å²) in [6.45, 7) is 13.4. The normalized spacial score (nSPS) is 20.8. The standard InChI is InChI=1S/C30H43N3O2S/c1-20-17-21(2)31-28(34)24(20)18-33-14-5-7-26-27(29(33)35)22(3)25(36-26)9-8-23-10-15-32(16-11-23)19-30(4)12-6-13-30/h17,23H,5-16,18-19H2,1-4H3,(H,31,34). The van der Waals surface area contributed by atoms with E-state index < -0.39 is 0 Å². The first-order valence-corrected chi connectivity index (χ1v) is 14.9. The molecule has 0 atom stereocenters. The smallest absolute Gasteiger partial charge is 0.255 e. The summed E-state index contributed by atoms with van der Waals surface area (Å²) in [6, 6.07) is 2.00. The summed E-state index contributed by atoms with van der Waals surface area (Å²) in [5, 5.41) is 0. The lowest BCUT2D eigenvalue weighted by Gasteiger charge is -2.44. The molecule has 2 aliphatic heterocycles. The van der Waals surface area contributed by atoms with Gasteiger partial charge in [-0.05, 0) is 114 Å². The van der Waals surface area contributed by atoms with Crippen LogP contribution in [0.4, 0.5) is 0 Å². The van der Waals surface area contributed by atoms with E-state index in [1.807, 2.05) is 36.2 Å². The second kappa shape index (κ2) is 10.4. The Balaban J connectivity index is 1.21. The monoisotopic (exact) mass is 509 g/mol. The molecule has 2 aromatic heterocycles. The summed E-state index contributed by atoms with van der Waals surface area (Å²) in [5.74, 6) is 0.917. The average Bonchev–Trinajstić information content (AvgIpc) is 3.04. The third-order valence-corrected chi connectivity index (χ3v) is 10.6. The van der Waals surface area contributed by atoms with Crippen molar-refractivity contribution in [1.29, 1.82) is 0 Å². The number of pyridine rings is 1. The van der Waals surface area contributed by atoms with Crippen molar-refractivity contribution in [3.63, 3.8) is 0 Å². The van der Waals surface area contributed by atoms with Gasteiger partial charge in [0, 0.05) is 34.1 Å². The lowest BCUT2D eigenvalue weighted by atomic mass is 9.70. The molecule has 0 aromatic carbocycles. The summed E-state index contributed by atoms with van der Waals surface area (Å²) in [7, 11) is 0. The number of aryl methyl sites for hydroxylation is 4. The minimum Gasteiger partial charge on any atom is -0.334 e. The molecule has 1 aliphatic carbocycles. The number of H-pyrrole nitrogens is 1. The topological polar surface area (TPSA) is 56.4 Å². The Morgan fingerprint density at radius 1 is 1.08 bits per heavy atom. The molecular formula is C30H43N3O2S. The fourth-order valence-corrected chi connectivity index (χ4v) is 8.04. The first-order chi connectivity index (χ1) is 17.2. The van der Waals surface area contributed by atoms with Crippen LogP contribution in [-0.2, 0) is 19.4 Å². The van der Waals surface area contributed by atoms with Gasteiger partial charge < -0.3 is 14.8 Å². The van der Waals surface area contributed by atoms with Gasteiger partial charge in [0.2, 0.25) is 0 Å². The van der Waals surface area contributed by atoms with E-state index in [9.17, 15) is 9.59 Å². The van der Waals surface area contributed by atoms with Crippen LogP contribution in [0.3, 0.4) is 0 Å². The Labute approximate surface area is 220 Å². The number of rotatable bonds is 7. The largest absolute Gasteiger partial charge is 0.334 e. The highest BCUT2D eigenvalue weighted by Gasteiger charge is 2.34. The number of piperidine rings is 1. The van der Waals surface area contributed by atoms with Crippen LogP contribution in [0.2, 0.25) is 0 Å². The van der Waals surface area contributed by atoms with Gasteiger partial charge in [0.25, 0.3) is 11.5 Å². The predicted molar refractivity (Wildman–Crippen MR) is 148 cm³/mol. The number of thiophene rings is 1. The van der Waals surface area contributed by atoms with Crippen LogP contribution in [0, 0.1) is 32.1 Å². The molecule has 5 nitrogen and oxygen atoms in total. The maximum absolute atomic E-state index is 13.7. The summed E-state index contributed by atoms with van der Waals surface area (Å²) < 4.78 is 0. The SMILES string of the molecule is Cc1cc(C)c(CN2CCCc3sc(CCC4CCN(CC5(C)CCC5)CC4)c(C)c3C2=O)c(=O)[nH]1. The van der Waals surface area contributed by atoms with E-state index in [1.54, 1.807) is 0 Å². The van der Waals surface area contributed by atoms with E-state index in [0.717, 1.165) is 42.0 Å². The van der Waals surface area contributed by atoms with Crippen molar-refractivity contribution < 1.29 is 4.79 Å². The number of aromatic amines is 1. The molecule has 1 amide bonds. The molecule has 5 rings (SSSR count). The predicted octanol–water partition coefficient (Wildman–Crippen LogP) is 5.79. The van der Waals surface area contributed by atoms with Crippen LogP contribution < -0.4 is 5.56 Å². The molecular weight excluding hydrogens is 466 g/mol. The second-order valence-electron chi connectivity index (χ2n) is 12.1. The third kappa shape index (κ3) is 5.35. The molecule has 196 valence electrons. The maximum Gasteiger partial charge on any atom is 0.255 e. The molecule has 1 saturated carbocycles. The van der Waals surface area contributed by atoms with Crippen LogP contribution in [0.1, 0.15) is 94.4 Å². The van der Waals surface area contributed by atoms with Crippen LogP contribution in [0.15, 0.2) is 10.9 Å². The van der Waals surface area contributed by atoms with Gasteiger partial charge >= 0.3 is 0 Å². The van der Waals surface area contributed by atoms with Gasteiger partial charge in [0.05, 0.1) is 12.1 Å². The molecule has 0 spiro atoms. The zero-order chi connectivity index (χ0) is 25.4. The van der Waals surface area contributed by atoms with Gasteiger partial charge in [-0.15, -0.1) is 11.3 Å². The van der Waals surface area contributed by atoms with E-state index >= 15 is 0 Å². The highest BCUT2D eigenvalue weighted by molar-refractivity contribution is 7.12. The second-order valence-corrected chi connectivity index (χ2v) is 13.3. The third-order valence-electron chi connectivity index (χ3n) is 9.15. The molecule has 2 aromatic rings. The van der Waals surface area contributed by atoms with Crippen molar-refractivity contribution in [2.75, 3.05) is 26.2 Å². The lowest BCUT2D eigenvalue weighted by molar-refractivity contribution is 0.0628. The van der Waals surface area contributed by atoms with Crippen LogP contribution in [0.5, 0.6) is 0 Å². The number of carbonyl (C=O) groups excluding carboxylic acids is 1. The number of hydrogen-bond donors (Lipinski definition) is 1. The number of fused-ring (bicyclic) bond motifs is 1. The summed E-state index contributed by atoms with van der Waals surface area (Å²) in [4.78, 5) is 36.4. The van der Waals surface area contributed by atoms with E-state index in [1.165, 1.54) is 73.5 Å². The molecule has 3 aliphatic rings. The number of carbonyl (C=O) groups is 1. The van der Waals surface area contributed by atoms with Gasteiger partial charge in [-0.25, -0.2) is 0 Å². The molecule has 0 radical (unpaired) electrons. The van der Waals surface area contributed by atoms with Crippen molar-refractivity contribution in [2.24, 2.45) is 11.3 Å². The fraction of sp³-hybridized carbons (Fsp3) is 0.667. The minimum atomic E-state index is -0.0691. The van der Waals surface area contributed by atoms with E-state index in [2.05, 4.69) is 23.7 Å². The Hall–Kier alpha value is -1.92. The van der Waals surface area contributed by atoms with Gasteiger partial charge in [-0.1, -0.05) is 13.3 Å². The quantitative estimate of drug-likeness (QED) is 0.514. The minimum absolute atomic E-state index is 0.0691. The number of nitrogens with zero attached hydrogens (tertiary/aromatic N) is 2. The van der Waals surface area contributed by atoms with Crippen molar-refractivity contribution in [1.82, 2.24) is 14.8 Å². The zero-order valence-corrected chi connectivity index (χ0v) is 23.5. The molecule has 4 heterocycles. The molecule has 1 saturated heterocycles. The summed E-state index contributed by atoms with van der Waals surface area (Å²) >= 11 is 1.88. The molecule has 2 fully saturated rings. The highest BCUT2D eigenvalue weighted by Crippen LogP contribution is 2.41. The van der Waals surface area contributed by atoms with Crippen LogP contribution in [-0.4, -0.2) is 46.9 Å². The Bertz CT molecular complexity index is 1170. The number of amides is 1. The van der Waals surface area contributed by atoms with Crippen molar-refractivity contribution in [3.8, 4) is 0 Å². The maximum atomic E-state index is 13.7. The summed E-state index contributed by atoms with van der Waals surface area (Å²) in [6.07, 6.45) is 11.1. The summed E-state index contributed by atoms with van der Waals surface area (Å²) in [5.41, 5.74) is 5.18. The van der Waals surface area contributed by atoms with Crippen LogP contribution >= 0.6 is 11.3 Å². The molecule has 1 N–H and O–H groups in total. The number of hydrogen-bond acceptors (Lipinski definition) is 4. The van der Waals surface area contributed by atoms with Crippen molar-refractivity contribution in [2.45, 2.75) is 92.0 Å². The molecule has 36 heavy (non-hydrogen) atoms. The van der Waals surface area contributed by atoms with Crippen molar-refractivity contribution >= 4 is 17.2 Å². The van der Waals surface area contributed by atoms with E-state index in [0.29, 0.717) is 24.1 Å². The van der Waals surface area contributed by atoms with Gasteiger partial charge in [-0.3, -0.25) is 9.59 Å². The molecule has 0 unspecified atom stereocenters. The number of aromatic nitrogens is 1. The van der Waals surface area contributed by atoms with Gasteiger partial charge in [0.15, 0.2) is 0 Å². The first-order valence-electron chi connectivity index (χ1n) is 14.0. The van der Waals surface area contributed by atoms with Gasteiger partial charge in [0.1, 0.15) is 0 Å². The fourth-order valence-electron chi connectivity index (χ4n) is 6.68. The van der Waals surface area contributed by atoms with E-state index in [4.69, 9.17) is 0 Å². The molecule has 6 heteroatoms. The zero-order valence-electron chi connectivity index (χ0n) is 22.7. The number of likely N-dealkylation sites (tertiary alicyclic amines) is 1. The number of nitrogens with one attached hydrogen (secondary N) is 1.